The van der Waals surface area contributed by atoms with Gasteiger partial charge >= 0.3 is 5.97 Å². The third kappa shape index (κ3) is 1.98. The fourth-order valence-corrected chi connectivity index (χ4v) is 4.41. The molecule has 1 aromatic carbocycles. The van der Waals surface area contributed by atoms with Gasteiger partial charge in [-0.15, -0.1) is 11.8 Å². The van der Waals surface area contributed by atoms with Gasteiger partial charge in [0, 0.05) is 29.7 Å². The van der Waals surface area contributed by atoms with Crippen molar-refractivity contribution in [1.82, 2.24) is 4.98 Å². The van der Waals surface area contributed by atoms with E-state index in [9.17, 15) is 4.79 Å². The summed E-state index contributed by atoms with van der Waals surface area (Å²) in [6.07, 6.45) is 1.86. The molecule has 0 bridgehead atoms. The van der Waals surface area contributed by atoms with Gasteiger partial charge in [-0.25, -0.2) is 0 Å². The van der Waals surface area contributed by atoms with Crippen molar-refractivity contribution in [2.24, 2.45) is 0 Å². The van der Waals surface area contributed by atoms with E-state index in [-0.39, 0.29) is 5.97 Å². The molecule has 4 heteroatoms. The highest BCUT2D eigenvalue weighted by Crippen LogP contribution is 2.53. The number of allylic oxidation sites excluding steroid dienone is 1. The Bertz CT molecular complexity index is 826. The molecule has 2 aliphatic rings. The molecular weight excluding hydrogens is 294 g/mol. The molecule has 0 radical (unpaired) electrons. The average molecular weight is 309 g/mol. The van der Waals surface area contributed by atoms with Crippen molar-refractivity contribution in [1.29, 1.82) is 0 Å². The highest BCUT2D eigenvalue weighted by molar-refractivity contribution is 7.99. The summed E-state index contributed by atoms with van der Waals surface area (Å²) >= 11 is 1.82. The molecule has 1 atom stereocenters. The number of hydrogen-bond acceptors (Lipinski definition) is 4. The topological polar surface area (TPSA) is 39.2 Å². The van der Waals surface area contributed by atoms with Gasteiger partial charge in [0.2, 0.25) is 0 Å². The number of hydrogen-bond donors (Lipinski definition) is 0. The lowest BCUT2D eigenvalue weighted by atomic mass is 9.95. The third-order valence-electron chi connectivity index (χ3n) is 4.23. The van der Waals surface area contributed by atoms with Crippen LogP contribution in [0, 0.1) is 0 Å². The summed E-state index contributed by atoms with van der Waals surface area (Å²) < 4.78 is 5.24. The molecule has 3 nitrogen and oxygen atoms in total. The van der Waals surface area contributed by atoms with Crippen LogP contribution in [0.1, 0.15) is 36.6 Å². The average Bonchev–Trinajstić information content (AvgIpc) is 2.80. The van der Waals surface area contributed by atoms with Gasteiger partial charge in [-0.05, 0) is 46.5 Å². The van der Waals surface area contributed by atoms with Crippen molar-refractivity contribution in [3.63, 3.8) is 0 Å². The summed E-state index contributed by atoms with van der Waals surface area (Å²) in [6, 6.07) is 10.1. The normalized spacial score (nSPS) is 18.5. The molecule has 2 aromatic rings. The maximum absolute atomic E-state index is 11.2. The van der Waals surface area contributed by atoms with Crippen molar-refractivity contribution in [2.45, 2.75) is 24.7 Å². The van der Waals surface area contributed by atoms with Crippen molar-refractivity contribution in [2.75, 3.05) is 5.75 Å². The van der Waals surface area contributed by atoms with E-state index in [2.05, 4.69) is 24.0 Å². The highest BCUT2D eigenvalue weighted by Gasteiger charge is 2.34. The first kappa shape index (κ1) is 13.6. The number of aromatic nitrogens is 1. The Morgan fingerprint density at radius 2 is 2.23 bits per heavy atom. The van der Waals surface area contributed by atoms with Gasteiger partial charge in [0.05, 0.1) is 5.69 Å². The lowest BCUT2D eigenvalue weighted by Gasteiger charge is -2.19. The van der Waals surface area contributed by atoms with E-state index in [1.165, 1.54) is 34.1 Å². The van der Waals surface area contributed by atoms with Crippen LogP contribution < -0.4 is 4.74 Å². The van der Waals surface area contributed by atoms with E-state index in [0.717, 1.165) is 11.4 Å². The van der Waals surface area contributed by atoms with Gasteiger partial charge < -0.3 is 4.74 Å². The summed E-state index contributed by atoms with van der Waals surface area (Å²) in [5.74, 6) is 1.59. The first-order valence-electron chi connectivity index (χ1n) is 7.29. The number of rotatable bonds is 1. The van der Waals surface area contributed by atoms with Crippen LogP contribution in [0.2, 0.25) is 0 Å². The fraction of sp³-hybridized carbons (Fsp3) is 0.222. The molecule has 1 aromatic heterocycles. The van der Waals surface area contributed by atoms with Crippen LogP contribution in [0.25, 0.3) is 11.1 Å². The van der Waals surface area contributed by atoms with Crippen molar-refractivity contribution in [3.8, 4) is 5.75 Å². The smallest absolute Gasteiger partial charge is 0.308 e. The molecule has 0 saturated heterocycles. The summed E-state index contributed by atoms with van der Waals surface area (Å²) in [5.41, 5.74) is 6.24. The minimum atomic E-state index is -0.287. The second-order valence-corrected chi connectivity index (χ2v) is 6.61. The minimum Gasteiger partial charge on any atom is -0.427 e. The van der Waals surface area contributed by atoms with E-state index in [1.807, 2.05) is 36.2 Å². The van der Waals surface area contributed by atoms with Crippen LogP contribution in [0.4, 0.5) is 0 Å². The molecule has 1 aliphatic carbocycles. The molecule has 1 unspecified atom stereocenters. The second kappa shape index (κ2) is 4.99. The predicted octanol–water partition coefficient (Wildman–Crippen LogP) is 4.14. The maximum atomic E-state index is 11.2. The lowest BCUT2D eigenvalue weighted by Crippen LogP contribution is -2.02. The van der Waals surface area contributed by atoms with Crippen molar-refractivity contribution < 1.29 is 9.53 Å². The van der Waals surface area contributed by atoms with Gasteiger partial charge in [-0.3, -0.25) is 9.78 Å². The first-order valence-corrected chi connectivity index (χ1v) is 8.27. The number of fused-ring (bicyclic) bond motifs is 4. The molecule has 110 valence electrons. The van der Waals surface area contributed by atoms with E-state index < -0.39 is 0 Å². The Labute approximate surface area is 133 Å². The largest absolute Gasteiger partial charge is 0.427 e. The number of esters is 1. The number of nitrogens with zero attached hydrogens (tertiary/aromatic N) is 1. The van der Waals surface area contributed by atoms with Gasteiger partial charge in [0.25, 0.3) is 0 Å². The minimum absolute atomic E-state index is 0.287. The van der Waals surface area contributed by atoms with Crippen molar-refractivity contribution in [3.05, 3.63) is 53.3 Å². The Kier molecular flexibility index (Phi) is 3.08. The van der Waals surface area contributed by atoms with Crippen molar-refractivity contribution >= 4 is 28.9 Å². The Morgan fingerprint density at radius 1 is 1.36 bits per heavy atom. The van der Waals surface area contributed by atoms with Crippen LogP contribution in [-0.4, -0.2) is 16.7 Å². The molecule has 0 saturated carbocycles. The highest BCUT2D eigenvalue weighted by atomic mass is 32.2. The molecule has 0 spiro atoms. The number of carbonyl (C=O) groups excluding carboxylic acids is 1. The SMILES string of the molecule is CC(=O)Oc1ccc2c(c1)C1=C(c3ncccc3SC1)C2C. The van der Waals surface area contributed by atoms with Crippen LogP contribution >= 0.6 is 11.8 Å². The summed E-state index contributed by atoms with van der Waals surface area (Å²) in [5, 5.41) is 0. The zero-order valence-electron chi connectivity index (χ0n) is 12.4. The molecule has 2 heterocycles. The molecule has 0 fully saturated rings. The quantitative estimate of drug-likeness (QED) is 0.586. The Morgan fingerprint density at radius 3 is 3.05 bits per heavy atom. The molecule has 1 aliphatic heterocycles. The fourth-order valence-electron chi connectivity index (χ4n) is 3.33. The Hall–Kier alpha value is -2.07. The molecule has 4 rings (SSSR count). The predicted molar refractivity (Wildman–Crippen MR) is 87.9 cm³/mol. The van der Waals surface area contributed by atoms with Crippen LogP contribution in [-0.2, 0) is 4.79 Å². The zero-order chi connectivity index (χ0) is 15.3. The van der Waals surface area contributed by atoms with Gasteiger partial charge in [0.15, 0.2) is 0 Å². The third-order valence-corrected chi connectivity index (χ3v) is 5.31. The van der Waals surface area contributed by atoms with Gasteiger partial charge in [-0.1, -0.05) is 13.0 Å². The summed E-state index contributed by atoms with van der Waals surface area (Å²) in [6.45, 7) is 3.65. The zero-order valence-corrected chi connectivity index (χ0v) is 13.2. The van der Waals surface area contributed by atoms with Crippen LogP contribution in [0.15, 0.2) is 41.4 Å². The van der Waals surface area contributed by atoms with E-state index >= 15 is 0 Å². The van der Waals surface area contributed by atoms with Gasteiger partial charge in [-0.2, -0.15) is 0 Å². The van der Waals surface area contributed by atoms with E-state index in [0.29, 0.717) is 11.7 Å². The molecule has 0 amide bonds. The summed E-state index contributed by atoms with van der Waals surface area (Å²) in [7, 11) is 0. The number of ether oxygens (including phenoxy) is 1. The van der Waals surface area contributed by atoms with Crippen LogP contribution in [0.5, 0.6) is 5.75 Å². The maximum Gasteiger partial charge on any atom is 0.308 e. The monoisotopic (exact) mass is 309 g/mol. The number of carbonyl (C=O) groups is 1. The summed E-state index contributed by atoms with van der Waals surface area (Å²) in [4.78, 5) is 17.0. The standard InChI is InChI=1S/C18H15NO2S/c1-10-13-6-5-12(21-11(2)20)8-14(13)15-9-22-16-4-3-7-19-18(16)17(10)15/h3-8,10H,9H2,1-2H3. The second-order valence-electron chi connectivity index (χ2n) is 5.60. The molecule has 0 N–H and O–H groups in total. The van der Waals surface area contributed by atoms with E-state index in [1.54, 1.807) is 0 Å². The lowest BCUT2D eigenvalue weighted by molar-refractivity contribution is -0.131. The van der Waals surface area contributed by atoms with E-state index in [4.69, 9.17) is 4.74 Å². The van der Waals surface area contributed by atoms with Gasteiger partial charge in [0.1, 0.15) is 5.75 Å². The molecular formula is C18H15NO2S. The number of pyridine rings is 1. The first-order chi connectivity index (χ1) is 10.6. The molecule has 22 heavy (non-hydrogen) atoms. The Balaban J connectivity index is 1.86. The number of thioether (sulfide) groups is 1. The number of benzene rings is 1. The van der Waals surface area contributed by atoms with Crippen LogP contribution in [0.3, 0.4) is 0 Å².